The van der Waals surface area contributed by atoms with Crippen LogP contribution in [0.5, 0.6) is 0 Å². The third-order valence-corrected chi connectivity index (χ3v) is 3.22. The Balaban J connectivity index is 2.52. The lowest BCUT2D eigenvalue weighted by molar-refractivity contribution is -0.681. The Labute approximate surface area is 110 Å². The molecule has 0 saturated heterocycles. The summed E-state index contributed by atoms with van der Waals surface area (Å²) in [5.74, 6) is 1.29. The van der Waals surface area contributed by atoms with Gasteiger partial charge < -0.3 is 0 Å². The zero-order valence-electron chi connectivity index (χ0n) is 11.4. The summed E-state index contributed by atoms with van der Waals surface area (Å²) in [7, 11) is 0. The van der Waals surface area contributed by atoms with E-state index in [1.54, 1.807) is 0 Å². The number of para-hydroxylation sites is 1. The van der Waals surface area contributed by atoms with Crippen LogP contribution in [0.15, 0.2) is 48.7 Å². The molecule has 0 radical (unpaired) electrons. The number of benzene rings is 1. The average molecular weight is 241 g/mol. The van der Waals surface area contributed by atoms with Crippen LogP contribution in [0.2, 0.25) is 0 Å². The number of hydrogen-bond acceptors (Lipinski definition) is 1. The van der Waals surface area contributed by atoms with Crippen molar-refractivity contribution < 1.29 is 4.57 Å². The van der Waals surface area contributed by atoms with Crippen molar-refractivity contribution in [2.75, 3.05) is 11.4 Å². The fourth-order valence-electron chi connectivity index (χ4n) is 2.35. The van der Waals surface area contributed by atoms with Gasteiger partial charge in [0.05, 0.1) is 19.3 Å². The van der Waals surface area contributed by atoms with E-state index < -0.39 is 0 Å². The minimum atomic E-state index is 0.967. The van der Waals surface area contributed by atoms with E-state index in [4.69, 9.17) is 0 Å². The maximum atomic E-state index is 2.36. The van der Waals surface area contributed by atoms with Crippen LogP contribution >= 0.6 is 0 Å². The Morgan fingerprint density at radius 3 is 2.33 bits per heavy atom. The van der Waals surface area contributed by atoms with Gasteiger partial charge in [-0.3, -0.25) is 0 Å². The van der Waals surface area contributed by atoms with Gasteiger partial charge in [-0.25, -0.2) is 9.47 Å². The van der Waals surface area contributed by atoms with E-state index in [0.29, 0.717) is 0 Å². The van der Waals surface area contributed by atoms with Crippen molar-refractivity contribution in [1.29, 1.82) is 0 Å². The van der Waals surface area contributed by atoms with Crippen LogP contribution in [0.3, 0.4) is 0 Å². The van der Waals surface area contributed by atoms with Crippen molar-refractivity contribution in [3.8, 4) is 0 Å². The minimum Gasteiger partial charge on any atom is -0.234 e. The highest BCUT2D eigenvalue weighted by molar-refractivity contribution is 5.60. The molecule has 0 atom stereocenters. The minimum absolute atomic E-state index is 0.967. The quantitative estimate of drug-likeness (QED) is 0.744. The summed E-state index contributed by atoms with van der Waals surface area (Å²) in [6, 6.07) is 14.8. The molecule has 0 fully saturated rings. The number of rotatable bonds is 4. The summed E-state index contributed by atoms with van der Waals surface area (Å²) < 4.78 is 2.30. The van der Waals surface area contributed by atoms with Crippen LogP contribution in [-0.2, 0) is 6.54 Å². The molecule has 0 unspecified atom stereocenters. The number of aromatic nitrogens is 1. The highest BCUT2D eigenvalue weighted by Crippen LogP contribution is 2.24. The molecule has 94 valence electrons. The molecule has 0 aliphatic carbocycles. The average Bonchev–Trinajstić information content (AvgIpc) is 2.42. The smallest absolute Gasteiger partial charge is 0.234 e. The molecule has 18 heavy (non-hydrogen) atoms. The van der Waals surface area contributed by atoms with Gasteiger partial charge in [-0.2, -0.15) is 0 Å². The van der Waals surface area contributed by atoms with Crippen LogP contribution in [0, 0.1) is 6.92 Å². The zero-order chi connectivity index (χ0) is 13.0. The molecule has 0 saturated carbocycles. The summed E-state index contributed by atoms with van der Waals surface area (Å²) in [6.45, 7) is 8.50. The molecule has 2 rings (SSSR count). The van der Waals surface area contributed by atoms with Crippen LogP contribution < -0.4 is 9.47 Å². The van der Waals surface area contributed by atoms with Gasteiger partial charge in [-0.05, 0) is 45.0 Å². The van der Waals surface area contributed by atoms with Gasteiger partial charge in [-0.15, -0.1) is 0 Å². The lowest BCUT2D eigenvalue weighted by atomic mass is 10.2. The Hall–Kier alpha value is -1.83. The first-order valence-electron chi connectivity index (χ1n) is 6.59. The maximum Gasteiger partial charge on any atom is 0.284 e. The molecule has 0 spiro atoms. The molecule has 2 nitrogen and oxygen atoms in total. The molecule has 0 amide bonds. The predicted octanol–water partition coefficient (Wildman–Crippen LogP) is 3.46. The molecule has 0 N–H and O–H groups in total. The standard InChI is InChI=1S/C16H21N2/c1-4-17-13-9-10-14(3)16(17)18(5-2)15-11-7-6-8-12-15/h6-13H,4-5H2,1-3H3/q+1. The lowest BCUT2D eigenvalue weighted by Crippen LogP contribution is -2.40. The Morgan fingerprint density at radius 1 is 1.00 bits per heavy atom. The first-order valence-corrected chi connectivity index (χ1v) is 6.59. The van der Waals surface area contributed by atoms with Gasteiger partial charge in [0, 0.05) is 5.56 Å². The van der Waals surface area contributed by atoms with E-state index in [9.17, 15) is 0 Å². The van der Waals surface area contributed by atoms with Crippen molar-refractivity contribution in [1.82, 2.24) is 0 Å². The molecular weight excluding hydrogens is 220 g/mol. The summed E-state index contributed by atoms with van der Waals surface area (Å²) >= 11 is 0. The van der Waals surface area contributed by atoms with Gasteiger partial charge in [0.25, 0.3) is 5.82 Å². The van der Waals surface area contributed by atoms with Crippen molar-refractivity contribution >= 4 is 11.5 Å². The van der Waals surface area contributed by atoms with E-state index in [1.165, 1.54) is 17.1 Å². The predicted molar refractivity (Wildman–Crippen MR) is 76.2 cm³/mol. The number of anilines is 2. The SMILES string of the molecule is CCN(c1ccccc1)c1c(C)ccc[n+]1CC. The summed E-state index contributed by atoms with van der Waals surface area (Å²) in [5.41, 5.74) is 2.56. The molecule has 2 heteroatoms. The summed E-state index contributed by atoms with van der Waals surface area (Å²) in [4.78, 5) is 2.36. The Morgan fingerprint density at radius 2 is 1.72 bits per heavy atom. The van der Waals surface area contributed by atoms with Gasteiger partial charge in [0.1, 0.15) is 5.69 Å². The third-order valence-electron chi connectivity index (χ3n) is 3.22. The van der Waals surface area contributed by atoms with Crippen LogP contribution in [-0.4, -0.2) is 6.54 Å². The fourth-order valence-corrected chi connectivity index (χ4v) is 2.35. The number of nitrogens with zero attached hydrogens (tertiary/aromatic N) is 2. The van der Waals surface area contributed by atoms with E-state index in [1.807, 2.05) is 0 Å². The van der Waals surface area contributed by atoms with Crippen LogP contribution in [0.4, 0.5) is 11.5 Å². The highest BCUT2D eigenvalue weighted by atomic mass is 15.2. The third kappa shape index (κ3) is 2.37. The highest BCUT2D eigenvalue weighted by Gasteiger charge is 2.21. The number of pyridine rings is 1. The van der Waals surface area contributed by atoms with Crippen molar-refractivity contribution in [3.63, 3.8) is 0 Å². The molecule has 1 aromatic heterocycles. The number of aryl methyl sites for hydroxylation is 2. The number of hydrogen-bond donors (Lipinski definition) is 0. The van der Waals surface area contributed by atoms with Gasteiger partial charge >= 0.3 is 0 Å². The van der Waals surface area contributed by atoms with Gasteiger partial charge in [-0.1, -0.05) is 18.2 Å². The van der Waals surface area contributed by atoms with Crippen molar-refractivity contribution in [2.24, 2.45) is 0 Å². The van der Waals surface area contributed by atoms with E-state index in [2.05, 4.69) is 78.9 Å². The Kier molecular flexibility index (Phi) is 3.98. The van der Waals surface area contributed by atoms with E-state index in [-0.39, 0.29) is 0 Å². The monoisotopic (exact) mass is 241 g/mol. The topological polar surface area (TPSA) is 7.12 Å². The van der Waals surface area contributed by atoms with Crippen LogP contribution in [0.25, 0.3) is 0 Å². The molecule has 1 heterocycles. The largest absolute Gasteiger partial charge is 0.284 e. The van der Waals surface area contributed by atoms with E-state index in [0.717, 1.165) is 13.1 Å². The van der Waals surface area contributed by atoms with Crippen molar-refractivity contribution in [3.05, 3.63) is 54.2 Å². The Bertz CT molecular complexity index is 506. The van der Waals surface area contributed by atoms with E-state index >= 15 is 0 Å². The van der Waals surface area contributed by atoms with Gasteiger partial charge in [0.15, 0.2) is 0 Å². The fraction of sp³-hybridized carbons (Fsp3) is 0.312. The normalized spacial score (nSPS) is 10.4. The molecule has 0 bridgehead atoms. The second-order valence-electron chi connectivity index (χ2n) is 4.38. The molecule has 0 aliphatic heterocycles. The molecular formula is C16H21N2+. The van der Waals surface area contributed by atoms with Crippen molar-refractivity contribution in [2.45, 2.75) is 27.3 Å². The molecule has 2 aromatic rings. The van der Waals surface area contributed by atoms with Crippen LogP contribution in [0.1, 0.15) is 19.4 Å². The summed E-state index contributed by atoms with van der Waals surface area (Å²) in [5, 5.41) is 0. The zero-order valence-corrected chi connectivity index (χ0v) is 11.4. The second kappa shape index (κ2) is 5.67. The maximum absolute atomic E-state index is 2.36. The lowest BCUT2D eigenvalue weighted by Gasteiger charge is -2.19. The first kappa shape index (κ1) is 12.6. The van der Waals surface area contributed by atoms with Gasteiger partial charge in [0.2, 0.25) is 0 Å². The molecule has 0 aliphatic rings. The summed E-state index contributed by atoms with van der Waals surface area (Å²) in [6.07, 6.45) is 2.15. The second-order valence-corrected chi connectivity index (χ2v) is 4.38. The molecule has 1 aromatic carbocycles. The first-order chi connectivity index (χ1) is 8.77.